The number of carbonyl (C=O) groups is 1. The van der Waals surface area contributed by atoms with Crippen LogP contribution in [0.25, 0.3) is 0 Å². The van der Waals surface area contributed by atoms with Crippen LogP contribution in [0.1, 0.15) is 25.0 Å². The second-order valence-corrected chi connectivity index (χ2v) is 8.67. The first-order valence-electron chi connectivity index (χ1n) is 8.39. The molecule has 2 atom stereocenters. The number of halogens is 2. The van der Waals surface area contributed by atoms with Crippen LogP contribution in [0.2, 0.25) is 0 Å². The van der Waals surface area contributed by atoms with Crippen molar-refractivity contribution in [2.24, 2.45) is 5.73 Å². The number of benzene rings is 2. The first kappa shape index (κ1) is 23.2. The Balaban J connectivity index is 0.000000273. The molecule has 0 heterocycles. The summed E-state index contributed by atoms with van der Waals surface area (Å²) >= 11 is 4.57. The van der Waals surface area contributed by atoms with Gasteiger partial charge in [-0.3, -0.25) is 0 Å². The Kier molecular flexibility index (Phi) is 11.1. The fraction of sp³-hybridized carbons (Fsp3) is 0.350. The van der Waals surface area contributed by atoms with E-state index in [2.05, 4.69) is 104 Å². The monoisotopic (exact) mass is 580 g/mol. The minimum atomic E-state index is -0.381. The predicted octanol–water partition coefficient (Wildman–Crippen LogP) is 4.76. The zero-order valence-corrected chi connectivity index (χ0v) is 19.7. The van der Waals surface area contributed by atoms with Crippen molar-refractivity contribution < 1.29 is 9.53 Å². The topological polar surface area (TPSA) is 64.3 Å². The van der Waals surface area contributed by atoms with Crippen molar-refractivity contribution in [2.75, 3.05) is 7.11 Å². The van der Waals surface area contributed by atoms with Crippen LogP contribution < -0.4 is 11.1 Å². The van der Waals surface area contributed by atoms with Crippen molar-refractivity contribution in [1.82, 2.24) is 5.32 Å². The molecule has 0 aliphatic carbocycles. The summed E-state index contributed by atoms with van der Waals surface area (Å²) in [6.07, 6.45) is 1.40. The SMILES string of the molecule is CC(N)Cc1ccc(I)cc1.COC(=O)NC(C)Cc1ccc(I)cc1. The number of methoxy groups -OCH3 is 1. The average Bonchev–Trinajstić information content (AvgIpc) is 2.59. The smallest absolute Gasteiger partial charge is 0.407 e. The van der Waals surface area contributed by atoms with E-state index in [1.807, 2.05) is 13.8 Å². The molecule has 2 rings (SSSR count). The van der Waals surface area contributed by atoms with Crippen molar-refractivity contribution in [2.45, 2.75) is 38.8 Å². The van der Waals surface area contributed by atoms with Crippen LogP contribution in [0, 0.1) is 7.14 Å². The van der Waals surface area contributed by atoms with Crippen LogP contribution in [0.5, 0.6) is 0 Å². The van der Waals surface area contributed by atoms with E-state index < -0.39 is 0 Å². The zero-order valence-electron chi connectivity index (χ0n) is 15.3. The maximum atomic E-state index is 10.9. The Bertz CT molecular complexity index is 659. The lowest BCUT2D eigenvalue weighted by Crippen LogP contribution is -2.33. The Labute approximate surface area is 183 Å². The summed E-state index contributed by atoms with van der Waals surface area (Å²) in [6.45, 7) is 3.98. The summed E-state index contributed by atoms with van der Waals surface area (Å²) in [4.78, 5) is 10.9. The Morgan fingerprint density at radius 2 is 1.38 bits per heavy atom. The second kappa shape index (κ2) is 12.5. The summed E-state index contributed by atoms with van der Waals surface area (Å²) in [7, 11) is 1.37. The Morgan fingerprint density at radius 3 is 1.77 bits per heavy atom. The van der Waals surface area contributed by atoms with Gasteiger partial charge in [0, 0.05) is 19.2 Å². The van der Waals surface area contributed by atoms with Crippen LogP contribution in [0.15, 0.2) is 48.5 Å². The van der Waals surface area contributed by atoms with Gasteiger partial charge in [-0.1, -0.05) is 24.3 Å². The summed E-state index contributed by atoms with van der Waals surface area (Å²) in [5.41, 5.74) is 8.19. The van der Waals surface area contributed by atoms with E-state index in [4.69, 9.17) is 5.73 Å². The lowest BCUT2D eigenvalue weighted by atomic mass is 10.1. The normalized spacial score (nSPS) is 12.4. The molecule has 26 heavy (non-hydrogen) atoms. The van der Waals surface area contributed by atoms with Gasteiger partial charge in [-0.05, 0) is 107 Å². The quantitative estimate of drug-likeness (QED) is 0.502. The molecular weight excluding hydrogens is 554 g/mol. The Morgan fingerprint density at radius 1 is 0.962 bits per heavy atom. The third-order valence-electron chi connectivity index (χ3n) is 3.48. The van der Waals surface area contributed by atoms with Gasteiger partial charge in [0.1, 0.15) is 0 Å². The lowest BCUT2D eigenvalue weighted by molar-refractivity contribution is 0.167. The van der Waals surface area contributed by atoms with Gasteiger partial charge in [0.05, 0.1) is 7.11 Å². The van der Waals surface area contributed by atoms with E-state index in [1.54, 1.807) is 0 Å². The highest BCUT2D eigenvalue weighted by Gasteiger charge is 2.07. The molecule has 0 aliphatic rings. The van der Waals surface area contributed by atoms with Crippen LogP contribution in [-0.2, 0) is 17.6 Å². The van der Waals surface area contributed by atoms with E-state index in [9.17, 15) is 4.79 Å². The highest BCUT2D eigenvalue weighted by atomic mass is 127. The highest BCUT2D eigenvalue weighted by Crippen LogP contribution is 2.09. The van der Waals surface area contributed by atoms with Gasteiger partial charge in [0.2, 0.25) is 0 Å². The molecule has 6 heteroatoms. The summed E-state index contributed by atoms with van der Waals surface area (Å²) in [5.74, 6) is 0. The summed E-state index contributed by atoms with van der Waals surface area (Å²) in [5, 5.41) is 2.73. The number of ether oxygens (including phenoxy) is 1. The van der Waals surface area contributed by atoms with Crippen LogP contribution in [0.4, 0.5) is 4.79 Å². The molecule has 0 spiro atoms. The first-order valence-corrected chi connectivity index (χ1v) is 10.5. The molecule has 0 aliphatic heterocycles. The first-order chi connectivity index (χ1) is 12.3. The maximum absolute atomic E-state index is 10.9. The standard InChI is InChI=1S/C11H14INO2.C9H12IN/c1-8(13-11(14)15-2)7-9-3-5-10(12)6-4-9;1-7(11)6-8-2-4-9(10)5-3-8/h3-6,8H,7H2,1-2H3,(H,13,14);2-5,7H,6,11H2,1H3. The predicted molar refractivity (Wildman–Crippen MR) is 124 cm³/mol. The minimum Gasteiger partial charge on any atom is -0.453 e. The van der Waals surface area contributed by atoms with Gasteiger partial charge >= 0.3 is 6.09 Å². The summed E-state index contributed by atoms with van der Waals surface area (Å²) in [6, 6.07) is 17.1. The van der Waals surface area contributed by atoms with Gasteiger partial charge in [-0.2, -0.15) is 0 Å². The van der Waals surface area contributed by atoms with Gasteiger partial charge in [-0.25, -0.2) is 4.79 Å². The second-order valence-electron chi connectivity index (χ2n) is 6.18. The van der Waals surface area contributed by atoms with Crippen molar-refractivity contribution in [1.29, 1.82) is 0 Å². The summed E-state index contributed by atoms with van der Waals surface area (Å²) < 4.78 is 7.01. The molecule has 3 N–H and O–H groups in total. The number of nitrogens with two attached hydrogens (primary N) is 1. The molecule has 2 aromatic rings. The van der Waals surface area contributed by atoms with E-state index in [0.29, 0.717) is 0 Å². The maximum Gasteiger partial charge on any atom is 0.407 e. The van der Waals surface area contributed by atoms with E-state index in [-0.39, 0.29) is 18.2 Å². The molecule has 0 fully saturated rings. The molecular formula is C20H26I2N2O2. The fourth-order valence-corrected chi connectivity index (χ4v) is 3.00. The fourth-order valence-electron chi connectivity index (χ4n) is 2.28. The minimum absolute atomic E-state index is 0.0810. The molecule has 2 unspecified atom stereocenters. The largest absolute Gasteiger partial charge is 0.453 e. The number of hydrogen-bond donors (Lipinski definition) is 2. The van der Waals surface area contributed by atoms with Crippen molar-refractivity contribution >= 4 is 51.3 Å². The molecule has 1 amide bonds. The Hall–Kier alpha value is -0.870. The zero-order chi connectivity index (χ0) is 19.5. The molecule has 0 saturated heterocycles. The van der Waals surface area contributed by atoms with E-state index in [0.717, 1.165) is 12.8 Å². The number of rotatable bonds is 5. The van der Waals surface area contributed by atoms with Crippen LogP contribution in [0.3, 0.4) is 0 Å². The molecule has 0 aromatic heterocycles. The van der Waals surface area contributed by atoms with E-state index >= 15 is 0 Å². The van der Waals surface area contributed by atoms with E-state index in [1.165, 1.54) is 25.4 Å². The van der Waals surface area contributed by atoms with Crippen LogP contribution >= 0.6 is 45.2 Å². The van der Waals surface area contributed by atoms with Gasteiger partial charge in [0.15, 0.2) is 0 Å². The van der Waals surface area contributed by atoms with Crippen molar-refractivity contribution in [3.63, 3.8) is 0 Å². The highest BCUT2D eigenvalue weighted by molar-refractivity contribution is 14.1. The molecule has 0 radical (unpaired) electrons. The number of hydrogen-bond acceptors (Lipinski definition) is 3. The molecule has 0 bridgehead atoms. The average molecular weight is 580 g/mol. The third-order valence-corrected chi connectivity index (χ3v) is 4.91. The van der Waals surface area contributed by atoms with Gasteiger partial charge in [0.25, 0.3) is 0 Å². The molecule has 142 valence electrons. The molecule has 0 saturated carbocycles. The van der Waals surface area contributed by atoms with Crippen molar-refractivity contribution in [3.8, 4) is 0 Å². The third kappa shape index (κ3) is 10.3. The lowest BCUT2D eigenvalue weighted by Gasteiger charge is -2.12. The van der Waals surface area contributed by atoms with Crippen molar-refractivity contribution in [3.05, 3.63) is 66.8 Å². The van der Waals surface area contributed by atoms with Gasteiger partial charge < -0.3 is 15.8 Å². The number of alkyl carbamates (subject to hydrolysis) is 1. The van der Waals surface area contributed by atoms with Crippen LogP contribution in [-0.4, -0.2) is 25.3 Å². The molecule has 2 aromatic carbocycles. The molecule has 4 nitrogen and oxygen atoms in total. The number of nitrogens with one attached hydrogen (secondary N) is 1. The number of carbonyl (C=O) groups excluding carboxylic acids is 1. The number of amides is 1. The van der Waals surface area contributed by atoms with Gasteiger partial charge in [-0.15, -0.1) is 0 Å².